The molecule has 0 spiro atoms. The van der Waals surface area contributed by atoms with Gasteiger partial charge in [0.25, 0.3) is 0 Å². The van der Waals surface area contributed by atoms with E-state index in [1.165, 1.54) is 4.90 Å². The summed E-state index contributed by atoms with van der Waals surface area (Å²) in [6, 6.07) is 0.0843. The molecule has 0 saturated heterocycles. The predicted octanol–water partition coefficient (Wildman–Crippen LogP) is 2.68. The van der Waals surface area contributed by atoms with Gasteiger partial charge >= 0.3 is 6.09 Å². The fraction of sp³-hybridized carbons (Fsp3) is 0.667. The number of hydrogen-bond donors (Lipinski definition) is 0. The first-order valence-electron chi connectivity index (χ1n) is 4.24. The minimum Gasteiger partial charge on any atom is -0.416 e. The molecule has 0 aliphatic carbocycles. The summed E-state index contributed by atoms with van der Waals surface area (Å²) in [5, 5.41) is 0. The Morgan fingerprint density at radius 2 is 1.77 bits per heavy atom. The van der Waals surface area contributed by atoms with Gasteiger partial charge in [-0.25, -0.2) is 9.18 Å². The lowest BCUT2D eigenvalue weighted by molar-refractivity contribution is 0.108. The average molecular weight is 189 g/mol. The number of rotatable bonds is 3. The third-order valence-corrected chi connectivity index (χ3v) is 1.54. The second-order valence-electron chi connectivity index (χ2n) is 3.24. The fourth-order valence-electron chi connectivity index (χ4n) is 1.16. The van der Waals surface area contributed by atoms with Crippen molar-refractivity contribution >= 4 is 6.09 Å². The van der Waals surface area contributed by atoms with Crippen molar-refractivity contribution < 1.29 is 13.9 Å². The first-order chi connectivity index (χ1) is 6.00. The van der Waals surface area contributed by atoms with Crippen LogP contribution in [0.3, 0.4) is 0 Å². The molecule has 0 heterocycles. The molecule has 0 aliphatic heterocycles. The van der Waals surface area contributed by atoms with Crippen LogP contribution in [0, 0.1) is 0 Å². The second-order valence-corrected chi connectivity index (χ2v) is 3.24. The molecule has 76 valence electrons. The summed E-state index contributed by atoms with van der Waals surface area (Å²) in [7, 11) is 0. The van der Waals surface area contributed by atoms with Crippen LogP contribution in [0.1, 0.15) is 27.7 Å². The largest absolute Gasteiger partial charge is 0.416 e. The third kappa shape index (κ3) is 3.92. The van der Waals surface area contributed by atoms with E-state index in [1.54, 1.807) is 0 Å². The monoisotopic (exact) mass is 189 g/mol. The Kier molecular flexibility index (Phi) is 5.11. The van der Waals surface area contributed by atoms with Crippen LogP contribution in [0.4, 0.5) is 9.18 Å². The van der Waals surface area contributed by atoms with E-state index in [9.17, 15) is 9.18 Å². The predicted molar refractivity (Wildman–Crippen MR) is 48.8 cm³/mol. The zero-order valence-electron chi connectivity index (χ0n) is 8.45. The zero-order valence-corrected chi connectivity index (χ0v) is 8.45. The van der Waals surface area contributed by atoms with Crippen LogP contribution in [-0.4, -0.2) is 23.1 Å². The number of ether oxygens (including phenoxy) is 1. The van der Waals surface area contributed by atoms with Crippen molar-refractivity contribution in [3.8, 4) is 0 Å². The molecule has 3 nitrogen and oxygen atoms in total. The van der Waals surface area contributed by atoms with Gasteiger partial charge in [0.2, 0.25) is 0 Å². The first kappa shape index (κ1) is 11.9. The van der Waals surface area contributed by atoms with Crippen LogP contribution in [0.2, 0.25) is 0 Å². The molecule has 0 unspecified atom stereocenters. The van der Waals surface area contributed by atoms with Gasteiger partial charge in [-0.05, 0) is 27.7 Å². The Balaban J connectivity index is 4.29. The van der Waals surface area contributed by atoms with Gasteiger partial charge in [0.15, 0.2) is 0 Å². The summed E-state index contributed by atoms with van der Waals surface area (Å²) in [6.45, 7) is 7.50. The highest BCUT2D eigenvalue weighted by molar-refractivity contribution is 5.68. The maximum Gasteiger partial charge on any atom is 0.415 e. The van der Waals surface area contributed by atoms with E-state index in [1.807, 2.05) is 27.7 Å². The molecule has 0 N–H and O–H groups in total. The Hall–Kier alpha value is -1.06. The summed E-state index contributed by atoms with van der Waals surface area (Å²) < 4.78 is 16.1. The van der Waals surface area contributed by atoms with Crippen molar-refractivity contribution in [2.45, 2.75) is 39.8 Å². The van der Waals surface area contributed by atoms with Crippen molar-refractivity contribution in [2.75, 3.05) is 0 Å². The van der Waals surface area contributed by atoms with E-state index in [0.717, 1.165) is 6.26 Å². The molecule has 0 aromatic rings. The number of halogens is 1. The van der Waals surface area contributed by atoms with Crippen LogP contribution in [0.5, 0.6) is 0 Å². The highest BCUT2D eigenvalue weighted by Gasteiger charge is 2.20. The van der Waals surface area contributed by atoms with Crippen LogP contribution >= 0.6 is 0 Å². The number of carbonyl (C=O) groups is 1. The van der Waals surface area contributed by atoms with Gasteiger partial charge < -0.3 is 9.64 Å². The Morgan fingerprint density at radius 1 is 1.31 bits per heavy atom. The van der Waals surface area contributed by atoms with E-state index >= 15 is 0 Å². The van der Waals surface area contributed by atoms with Gasteiger partial charge in [-0.1, -0.05) is 0 Å². The third-order valence-electron chi connectivity index (χ3n) is 1.54. The number of nitrogens with zero attached hydrogens (tertiary/aromatic N) is 1. The molecule has 0 rings (SSSR count). The SMILES string of the molecule is CC(C)N(C(=O)OC=CF)C(C)C. The van der Waals surface area contributed by atoms with Crippen molar-refractivity contribution in [1.82, 2.24) is 4.90 Å². The molecule has 4 heteroatoms. The van der Waals surface area contributed by atoms with Crippen molar-refractivity contribution in [2.24, 2.45) is 0 Å². The summed E-state index contributed by atoms with van der Waals surface area (Å²) in [5.74, 6) is 0. The quantitative estimate of drug-likeness (QED) is 0.639. The van der Waals surface area contributed by atoms with Crippen molar-refractivity contribution in [3.63, 3.8) is 0 Å². The van der Waals surface area contributed by atoms with Crippen LogP contribution in [0.25, 0.3) is 0 Å². The lowest BCUT2D eigenvalue weighted by Crippen LogP contribution is -2.41. The molecule has 0 radical (unpaired) electrons. The molecule has 13 heavy (non-hydrogen) atoms. The summed E-state index contributed by atoms with van der Waals surface area (Å²) in [5.41, 5.74) is 0. The van der Waals surface area contributed by atoms with Crippen molar-refractivity contribution in [1.29, 1.82) is 0 Å². The minimum absolute atomic E-state index is 0.0421. The van der Waals surface area contributed by atoms with Gasteiger partial charge in [-0.15, -0.1) is 0 Å². The van der Waals surface area contributed by atoms with E-state index in [2.05, 4.69) is 4.74 Å². The van der Waals surface area contributed by atoms with Gasteiger partial charge in [-0.3, -0.25) is 0 Å². The summed E-state index contributed by atoms with van der Waals surface area (Å²) in [6.07, 6.45) is 0.399. The maximum atomic E-state index is 11.5. The number of amides is 1. The summed E-state index contributed by atoms with van der Waals surface area (Å²) in [4.78, 5) is 12.8. The Labute approximate surface area is 78.2 Å². The number of hydrogen-bond acceptors (Lipinski definition) is 2. The van der Waals surface area contributed by atoms with Gasteiger partial charge in [0, 0.05) is 12.1 Å². The van der Waals surface area contributed by atoms with E-state index < -0.39 is 6.09 Å². The van der Waals surface area contributed by atoms with E-state index in [4.69, 9.17) is 0 Å². The molecule has 1 amide bonds. The molecule has 0 saturated carbocycles. The maximum absolute atomic E-state index is 11.5. The molecule has 0 atom stereocenters. The molecule has 0 aliphatic rings. The van der Waals surface area contributed by atoms with Crippen LogP contribution < -0.4 is 0 Å². The number of carbonyl (C=O) groups excluding carboxylic acids is 1. The van der Waals surface area contributed by atoms with Crippen molar-refractivity contribution in [3.05, 3.63) is 12.6 Å². The van der Waals surface area contributed by atoms with Crippen LogP contribution in [0.15, 0.2) is 12.6 Å². The van der Waals surface area contributed by atoms with Gasteiger partial charge in [0.1, 0.15) is 12.6 Å². The minimum atomic E-state index is -0.529. The molecular weight excluding hydrogens is 173 g/mol. The summed E-state index contributed by atoms with van der Waals surface area (Å²) >= 11 is 0. The lowest BCUT2D eigenvalue weighted by Gasteiger charge is -2.28. The highest BCUT2D eigenvalue weighted by atomic mass is 19.1. The normalized spacial score (nSPS) is 11.3. The highest BCUT2D eigenvalue weighted by Crippen LogP contribution is 2.07. The molecule has 0 aromatic carbocycles. The standard InChI is InChI=1S/C9H16FNO2/c1-7(2)11(8(3)4)9(12)13-6-5-10/h5-8H,1-4H3. The zero-order chi connectivity index (χ0) is 10.4. The molecular formula is C9H16FNO2. The molecule has 0 fully saturated rings. The van der Waals surface area contributed by atoms with Gasteiger partial charge in [-0.2, -0.15) is 0 Å². The fourth-order valence-corrected chi connectivity index (χ4v) is 1.16. The van der Waals surface area contributed by atoms with Crippen LogP contribution in [-0.2, 0) is 4.74 Å². The Morgan fingerprint density at radius 3 is 2.08 bits per heavy atom. The smallest absolute Gasteiger partial charge is 0.415 e. The second kappa shape index (κ2) is 5.56. The topological polar surface area (TPSA) is 29.5 Å². The molecule has 0 aromatic heterocycles. The van der Waals surface area contributed by atoms with E-state index in [-0.39, 0.29) is 18.4 Å². The first-order valence-corrected chi connectivity index (χ1v) is 4.24. The average Bonchev–Trinajstić information content (AvgIpc) is 1.99. The Bertz CT molecular complexity index is 182. The van der Waals surface area contributed by atoms with E-state index in [0.29, 0.717) is 0 Å². The lowest BCUT2D eigenvalue weighted by atomic mass is 10.2. The van der Waals surface area contributed by atoms with Gasteiger partial charge in [0.05, 0.1) is 0 Å². The molecule has 0 bridgehead atoms.